The minimum absolute atomic E-state index is 0.532. The van der Waals surface area contributed by atoms with Crippen molar-refractivity contribution < 1.29 is 4.74 Å². The first-order valence-corrected chi connectivity index (χ1v) is 5.72. The Labute approximate surface area is 91.6 Å². The molecule has 2 rings (SSSR count). The maximum atomic E-state index is 5.06. The highest BCUT2D eigenvalue weighted by Gasteiger charge is 2.18. The number of fused-ring (bicyclic) bond motifs is 1. The Morgan fingerprint density at radius 2 is 2.27 bits per heavy atom. The molecule has 1 aromatic carbocycles. The minimum atomic E-state index is 0.532. The average molecular weight is 205 g/mol. The Kier molecular flexibility index (Phi) is 3.75. The molecule has 1 aromatic rings. The lowest BCUT2D eigenvalue weighted by molar-refractivity contribution is 0.194. The second-order valence-corrected chi connectivity index (χ2v) is 4.09. The lowest BCUT2D eigenvalue weighted by atomic mass is 9.88. The van der Waals surface area contributed by atoms with Crippen LogP contribution in [0.4, 0.5) is 0 Å². The van der Waals surface area contributed by atoms with Gasteiger partial charge in [-0.2, -0.15) is 0 Å². The van der Waals surface area contributed by atoms with Crippen LogP contribution < -0.4 is 5.32 Å². The highest BCUT2D eigenvalue weighted by atomic mass is 16.5. The zero-order valence-electron chi connectivity index (χ0n) is 9.33. The molecular formula is C13H19NO. The fourth-order valence-electron chi connectivity index (χ4n) is 2.30. The number of aryl methyl sites for hydroxylation is 1. The van der Waals surface area contributed by atoms with Gasteiger partial charge in [-0.15, -0.1) is 0 Å². The third kappa shape index (κ3) is 2.58. The van der Waals surface area contributed by atoms with Crippen molar-refractivity contribution in [2.24, 2.45) is 0 Å². The Bertz CT molecular complexity index is 311. The molecule has 0 unspecified atom stereocenters. The standard InChI is InChI=1S/C13H19NO/c1-15-10-9-14-13-8-4-6-11-5-2-3-7-12(11)13/h2-3,5,7,13-14H,4,6,8-10H2,1H3/t13-/m0/s1. The van der Waals surface area contributed by atoms with Crippen LogP contribution in [0.15, 0.2) is 24.3 Å². The van der Waals surface area contributed by atoms with Gasteiger partial charge in [0.1, 0.15) is 0 Å². The molecule has 1 aliphatic rings. The number of rotatable bonds is 4. The molecule has 0 saturated carbocycles. The van der Waals surface area contributed by atoms with Crippen molar-refractivity contribution in [2.45, 2.75) is 25.3 Å². The smallest absolute Gasteiger partial charge is 0.0587 e. The summed E-state index contributed by atoms with van der Waals surface area (Å²) in [6.07, 6.45) is 3.78. The van der Waals surface area contributed by atoms with Gasteiger partial charge >= 0.3 is 0 Å². The fourth-order valence-corrected chi connectivity index (χ4v) is 2.30. The lowest BCUT2D eigenvalue weighted by Gasteiger charge is -2.26. The van der Waals surface area contributed by atoms with Gasteiger partial charge in [0.2, 0.25) is 0 Å². The molecule has 0 aliphatic heterocycles. The molecule has 0 heterocycles. The third-order valence-electron chi connectivity index (χ3n) is 3.07. The van der Waals surface area contributed by atoms with Crippen molar-refractivity contribution >= 4 is 0 Å². The molecule has 1 N–H and O–H groups in total. The molecule has 0 radical (unpaired) electrons. The summed E-state index contributed by atoms with van der Waals surface area (Å²) in [5.41, 5.74) is 3.00. The van der Waals surface area contributed by atoms with E-state index in [9.17, 15) is 0 Å². The van der Waals surface area contributed by atoms with Crippen LogP contribution >= 0.6 is 0 Å². The van der Waals surface area contributed by atoms with E-state index in [0.717, 1.165) is 13.2 Å². The summed E-state index contributed by atoms with van der Waals surface area (Å²) < 4.78 is 5.06. The van der Waals surface area contributed by atoms with Crippen LogP contribution in [0, 0.1) is 0 Å². The number of nitrogens with one attached hydrogen (secondary N) is 1. The monoisotopic (exact) mass is 205 g/mol. The summed E-state index contributed by atoms with van der Waals surface area (Å²) in [7, 11) is 1.75. The Hall–Kier alpha value is -0.860. The highest BCUT2D eigenvalue weighted by Crippen LogP contribution is 2.28. The zero-order chi connectivity index (χ0) is 10.5. The molecule has 0 aromatic heterocycles. The molecule has 0 amide bonds. The second-order valence-electron chi connectivity index (χ2n) is 4.09. The van der Waals surface area contributed by atoms with Crippen LogP contribution in [0.25, 0.3) is 0 Å². The summed E-state index contributed by atoms with van der Waals surface area (Å²) in [6.45, 7) is 1.73. The summed E-state index contributed by atoms with van der Waals surface area (Å²) in [5, 5.41) is 3.55. The van der Waals surface area contributed by atoms with Crippen molar-refractivity contribution in [1.29, 1.82) is 0 Å². The topological polar surface area (TPSA) is 21.3 Å². The van der Waals surface area contributed by atoms with Crippen LogP contribution in [-0.2, 0) is 11.2 Å². The van der Waals surface area contributed by atoms with Crippen LogP contribution in [0.2, 0.25) is 0 Å². The Morgan fingerprint density at radius 3 is 3.13 bits per heavy atom. The fraction of sp³-hybridized carbons (Fsp3) is 0.538. The normalized spacial score (nSPS) is 19.9. The van der Waals surface area contributed by atoms with Crippen molar-refractivity contribution in [1.82, 2.24) is 5.32 Å². The number of benzene rings is 1. The predicted molar refractivity (Wildman–Crippen MR) is 62.0 cm³/mol. The van der Waals surface area contributed by atoms with Crippen LogP contribution in [-0.4, -0.2) is 20.3 Å². The highest BCUT2D eigenvalue weighted by molar-refractivity contribution is 5.32. The van der Waals surface area contributed by atoms with Crippen molar-refractivity contribution in [3.8, 4) is 0 Å². The first kappa shape index (κ1) is 10.7. The molecule has 1 aliphatic carbocycles. The Balaban J connectivity index is 2.02. The van der Waals surface area contributed by atoms with E-state index in [4.69, 9.17) is 4.74 Å². The van der Waals surface area contributed by atoms with Gasteiger partial charge in [0.05, 0.1) is 6.61 Å². The van der Waals surface area contributed by atoms with E-state index in [-0.39, 0.29) is 0 Å². The number of ether oxygens (including phenoxy) is 1. The van der Waals surface area contributed by atoms with Gasteiger partial charge in [0, 0.05) is 19.7 Å². The van der Waals surface area contributed by atoms with Gasteiger partial charge < -0.3 is 10.1 Å². The first-order chi connectivity index (χ1) is 7.42. The lowest BCUT2D eigenvalue weighted by Crippen LogP contribution is -2.27. The molecular weight excluding hydrogens is 186 g/mol. The van der Waals surface area contributed by atoms with Crippen molar-refractivity contribution in [3.05, 3.63) is 35.4 Å². The van der Waals surface area contributed by atoms with Crippen LogP contribution in [0.3, 0.4) is 0 Å². The summed E-state index contributed by atoms with van der Waals surface area (Å²) in [6, 6.07) is 9.30. The SMILES string of the molecule is COCCN[C@H]1CCCc2ccccc21. The van der Waals surface area contributed by atoms with E-state index in [0.29, 0.717) is 6.04 Å². The largest absolute Gasteiger partial charge is 0.383 e. The van der Waals surface area contributed by atoms with Crippen molar-refractivity contribution in [2.75, 3.05) is 20.3 Å². The molecule has 0 spiro atoms. The second kappa shape index (κ2) is 5.29. The maximum absolute atomic E-state index is 5.06. The van der Waals surface area contributed by atoms with Gasteiger partial charge in [0.25, 0.3) is 0 Å². The molecule has 0 saturated heterocycles. The summed E-state index contributed by atoms with van der Waals surface area (Å²) in [5.74, 6) is 0. The van der Waals surface area contributed by atoms with E-state index < -0.39 is 0 Å². The van der Waals surface area contributed by atoms with Gasteiger partial charge in [-0.25, -0.2) is 0 Å². The number of hydrogen-bond donors (Lipinski definition) is 1. The quantitative estimate of drug-likeness (QED) is 0.762. The van der Waals surface area contributed by atoms with Gasteiger partial charge in [0.15, 0.2) is 0 Å². The average Bonchev–Trinajstić information content (AvgIpc) is 2.30. The minimum Gasteiger partial charge on any atom is -0.383 e. The summed E-state index contributed by atoms with van der Waals surface area (Å²) in [4.78, 5) is 0. The van der Waals surface area contributed by atoms with Gasteiger partial charge in [-0.1, -0.05) is 24.3 Å². The molecule has 2 nitrogen and oxygen atoms in total. The number of methoxy groups -OCH3 is 1. The van der Waals surface area contributed by atoms with Gasteiger partial charge in [-0.3, -0.25) is 0 Å². The summed E-state index contributed by atoms with van der Waals surface area (Å²) >= 11 is 0. The first-order valence-electron chi connectivity index (χ1n) is 5.72. The molecule has 2 heteroatoms. The zero-order valence-corrected chi connectivity index (χ0v) is 9.33. The molecule has 1 atom stereocenters. The molecule has 0 bridgehead atoms. The Morgan fingerprint density at radius 1 is 1.40 bits per heavy atom. The van der Waals surface area contributed by atoms with E-state index in [1.807, 2.05) is 0 Å². The molecule has 15 heavy (non-hydrogen) atoms. The molecule has 0 fully saturated rings. The predicted octanol–water partition coefficient (Wildman–Crippen LogP) is 2.30. The molecule has 82 valence electrons. The van der Waals surface area contributed by atoms with Gasteiger partial charge in [-0.05, 0) is 30.4 Å². The third-order valence-corrected chi connectivity index (χ3v) is 3.07. The van der Waals surface area contributed by atoms with Crippen LogP contribution in [0.5, 0.6) is 0 Å². The van der Waals surface area contributed by atoms with Crippen molar-refractivity contribution in [3.63, 3.8) is 0 Å². The van der Waals surface area contributed by atoms with E-state index in [2.05, 4.69) is 29.6 Å². The number of hydrogen-bond acceptors (Lipinski definition) is 2. The maximum Gasteiger partial charge on any atom is 0.0587 e. The van der Waals surface area contributed by atoms with E-state index >= 15 is 0 Å². The van der Waals surface area contributed by atoms with E-state index in [1.165, 1.54) is 30.4 Å². The van der Waals surface area contributed by atoms with Crippen LogP contribution in [0.1, 0.15) is 30.0 Å². The van der Waals surface area contributed by atoms with E-state index in [1.54, 1.807) is 7.11 Å².